The monoisotopic (exact) mass is 512 g/mol. The summed E-state index contributed by atoms with van der Waals surface area (Å²) in [6, 6.07) is 7.13. The zero-order valence-electron chi connectivity index (χ0n) is 19.8. The Morgan fingerprint density at radius 3 is 2.36 bits per heavy atom. The van der Waals surface area contributed by atoms with Crippen molar-refractivity contribution in [3.8, 4) is 0 Å². The van der Waals surface area contributed by atoms with Crippen molar-refractivity contribution in [1.29, 1.82) is 0 Å². The third kappa shape index (κ3) is 3.32. The molecule has 3 unspecified atom stereocenters. The lowest BCUT2D eigenvalue weighted by Gasteiger charge is -2.59. The van der Waals surface area contributed by atoms with Crippen LogP contribution in [0.25, 0.3) is 0 Å². The van der Waals surface area contributed by atoms with E-state index >= 15 is 0 Å². The van der Waals surface area contributed by atoms with E-state index in [1.165, 1.54) is 5.57 Å². The molecule has 0 aromatic heterocycles. The first-order valence-electron chi connectivity index (χ1n) is 12.3. The van der Waals surface area contributed by atoms with Gasteiger partial charge in [-0.2, -0.15) is 0 Å². The summed E-state index contributed by atoms with van der Waals surface area (Å²) in [5.74, 6) is 1.24. The second-order valence-corrected chi connectivity index (χ2v) is 12.2. The number of hydrogen-bond donors (Lipinski definition) is 0. The van der Waals surface area contributed by atoms with Crippen LogP contribution in [0.15, 0.2) is 40.4 Å². The quantitative estimate of drug-likeness (QED) is 0.435. The molecule has 4 aliphatic rings. The van der Waals surface area contributed by atoms with Gasteiger partial charge in [-0.25, -0.2) is 4.79 Å². The predicted octanol–water partition coefficient (Wildman–Crippen LogP) is 6.47. The normalized spacial score (nSPS) is 39.7. The third-order valence-corrected chi connectivity index (χ3v) is 10.5. The molecule has 0 spiro atoms. The number of esters is 1. The summed E-state index contributed by atoms with van der Waals surface area (Å²) in [5.41, 5.74) is 0.500. The van der Waals surface area contributed by atoms with Crippen molar-refractivity contribution in [3.63, 3.8) is 0 Å². The molecular formula is C28H33BrO4. The number of fused-ring (bicyclic) bond motifs is 5. The predicted molar refractivity (Wildman–Crippen MR) is 130 cm³/mol. The van der Waals surface area contributed by atoms with Crippen LogP contribution >= 0.6 is 15.9 Å². The largest absolute Gasteiger partial charge is 0.447 e. The van der Waals surface area contributed by atoms with Crippen LogP contribution in [-0.2, 0) is 14.3 Å². The molecule has 5 rings (SSSR count). The smallest absolute Gasteiger partial charge is 0.339 e. The zero-order valence-corrected chi connectivity index (χ0v) is 21.4. The second-order valence-electron chi connectivity index (χ2n) is 11.2. The highest BCUT2D eigenvalue weighted by atomic mass is 79.9. The minimum Gasteiger partial charge on any atom is -0.447 e. The molecule has 4 aliphatic carbocycles. The van der Waals surface area contributed by atoms with Gasteiger partial charge in [0.25, 0.3) is 0 Å². The maximum absolute atomic E-state index is 13.2. The van der Waals surface area contributed by atoms with E-state index in [4.69, 9.17) is 4.74 Å². The average Bonchev–Trinajstić information content (AvgIpc) is 3.08. The summed E-state index contributed by atoms with van der Waals surface area (Å²) < 4.78 is 7.12. The van der Waals surface area contributed by atoms with Crippen LogP contribution in [0.5, 0.6) is 0 Å². The van der Waals surface area contributed by atoms with Crippen LogP contribution < -0.4 is 0 Å². The van der Waals surface area contributed by atoms with Crippen LogP contribution in [0.2, 0.25) is 0 Å². The number of ether oxygens (including phenoxy) is 1. The Morgan fingerprint density at radius 1 is 0.970 bits per heavy atom. The van der Waals surface area contributed by atoms with Crippen molar-refractivity contribution in [3.05, 3.63) is 46.0 Å². The summed E-state index contributed by atoms with van der Waals surface area (Å²) in [7, 11) is 0. The Morgan fingerprint density at radius 2 is 1.67 bits per heavy atom. The Bertz CT molecular complexity index is 1040. The number of halogens is 1. The van der Waals surface area contributed by atoms with E-state index in [1.54, 1.807) is 19.1 Å². The number of Topliss-reactive ketones (excluding diaryl/α,β-unsaturated/α-hetero) is 1. The van der Waals surface area contributed by atoms with Crippen molar-refractivity contribution in [2.24, 2.45) is 28.6 Å². The lowest BCUT2D eigenvalue weighted by Crippen LogP contribution is -2.58. The van der Waals surface area contributed by atoms with E-state index in [9.17, 15) is 14.4 Å². The van der Waals surface area contributed by atoms with Gasteiger partial charge in [0.2, 0.25) is 0 Å². The summed E-state index contributed by atoms with van der Waals surface area (Å²) >= 11 is 3.41. The molecule has 0 heterocycles. The van der Waals surface area contributed by atoms with Crippen LogP contribution in [0, 0.1) is 28.6 Å². The van der Waals surface area contributed by atoms with Gasteiger partial charge in [0.05, 0.1) is 5.56 Å². The van der Waals surface area contributed by atoms with Gasteiger partial charge in [-0.05, 0) is 105 Å². The lowest BCUT2D eigenvalue weighted by molar-refractivity contribution is -0.161. The molecule has 5 heteroatoms. The molecule has 1 aromatic rings. The Hall–Kier alpha value is -1.75. The van der Waals surface area contributed by atoms with Gasteiger partial charge in [0, 0.05) is 16.3 Å². The van der Waals surface area contributed by atoms with Gasteiger partial charge >= 0.3 is 5.97 Å². The molecule has 176 valence electrons. The highest BCUT2D eigenvalue weighted by Crippen LogP contribution is 2.68. The molecule has 0 N–H and O–H groups in total. The van der Waals surface area contributed by atoms with Crippen molar-refractivity contribution in [2.45, 2.75) is 77.7 Å². The average molecular weight is 513 g/mol. The van der Waals surface area contributed by atoms with Gasteiger partial charge < -0.3 is 4.74 Å². The number of carbonyl (C=O) groups excluding carboxylic acids is 3. The van der Waals surface area contributed by atoms with E-state index < -0.39 is 11.6 Å². The van der Waals surface area contributed by atoms with Crippen LogP contribution in [0.3, 0.4) is 0 Å². The van der Waals surface area contributed by atoms with E-state index in [0.29, 0.717) is 36.2 Å². The van der Waals surface area contributed by atoms with Crippen molar-refractivity contribution in [2.75, 3.05) is 0 Å². The Kier molecular flexibility index (Phi) is 5.51. The van der Waals surface area contributed by atoms with Crippen molar-refractivity contribution in [1.82, 2.24) is 0 Å². The van der Waals surface area contributed by atoms with Crippen molar-refractivity contribution >= 4 is 33.5 Å². The zero-order chi connectivity index (χ0) is 23.6. The number of hydrogen-bond acceptors (Lipinski definition) is 4. The van der Waals surface area contributed by atoms with E-state index in [-0.39, 0.29) is 22.4 Å². The van der Waals surface area contributed by atoms with Crippen LogP contribution in [-0.4, -0.2) is 23.1 Å². The number of benzene rings is 1. The number of ketones is 2. The molecule has 1 aromatic carbocycles. The molecule has 0 amide bonds. The van der Waals surface area contributed by atoms with Gasteiger partial charge in [-0.3, -0.25) is 9.59 Å². The molecule has 0 radical (unpaired) electrons. The highest BCUT2D eigenvalue weighted by molar-refractivity contribution is 9.10. The molecule has 3 fully saturated rings. The fourth-order valence-electron chi connectivity index (χ4n) is 8.18. The van der Waals surface area contributed by atoms with Gasteiger partial charge in [-0.1, -0.05) is 35.4 Å². The summed E-state index contributed by atoms with van der Waals surface area (Å²) in [5, 5.41) is 0. The Labute approximate surface area is 204 Å². The molecule has 0 bridgehead atoms. The molecule has 3 saturated carbocycles. The van der Waals surface area contributed by atoms with Gasteiger partial charge in [0.1, 0.15) is 0 Å². The number of allylic oxidation sites excluding steroid dienone is 1. The summed E-state index contributed by atoms with van der Waals surface area (Å²) in [6.45, 7) is 6.17. The fraction of sp³-hybridized carbons (Fsp3) is 0.607. The Balaban J connectivity index is 1.46. The number of rotatable bonds is 3. The van der Waals surface area contributed by atoms with Gasteiger partial charge in [0.15, 0.2) is 17.2 Å². The minimum atomic E-state index is -1.06. The molecular weight excluding hydrogens is 480 g/mol. The molecule has 0 saturated heterocycles. The molecule has 6 atom stereocenters. The maximum atomic E-state index is 13.2. The standard InChI is InChI=1S/C28H33BrO4/c1-17(30)28(33-25(32)18-4-7-20(29)8-5-18)15-12-24-22-9-6-19-16-21(31)10-13-26(19,2)23(22)11-14-27(24,28)3/h4-5,7-8,16,22-24H,6,9-15H2,1-3H3/t22?,23?,24?,26-,27-,28-/m0/s1. The third-order valence-electron chi connectivity index (χ3n) is 10.00. The second kappa shape index (κ2) is 7.90. The maximum Gasteiger partial charge on any atom is 0.339 e. The van der Waals surface area contributed by atoms with E-state index in [0.717, 1.165) is 43.0 Å². The topological polar surface area (TPSA) is 60.4 Å². The first-order valence-corrected chi connectivity index (χ1v) is 13.1. The number of carbonyl (C=O) groups is 3. The summed E-state index contributed by atoms with van der Waals surface area (Å²) in [6.07, 6.45) is 8.98. The molecule has 33 heavy (non-hydrogen) atoms. The SMILES string of the molecule is CC(=O)[C@@]1(OC(=O)c2ccc(Br)cc2)CCC2C3CCC4=CC(=O)CC[C@]4(C)C3CC[C@@]21C. The fourth-order valence-corrected chi connectivity index (χ4v) is 8.44. The lowest BCUT2D eigenvalue weighted by atomic mass is 9.46. The van der Waals surface area contributed by atoms with Crippen LogP contribution in [0.4, 0.5) is 0 Å². The highest BCUT2D eigenvalue weighted by Gasteiger charge is 2.67. The van der Waals surface area contributed by atoms with Gasteiger partial charge in [-0.15, -0.1) is 0 Å². The first kappa shape index (κ1) is 23.0. The van der Waals surface area contributed by atoms with E-state index in [2.05, 4.69) is 29.8 Å². The molecule has 0 aliphatic heterocycles. The minimum absolute atomic E-state index is 0.0257. The first-order chi connectivity index (χ1) is 15.6. The van der Waals surface area contributed by atoms with Crippen molar-refractivity contribution < 1.29 is 19.1 Å². The van der Waals surface area contributed by atoms with Crippen LogP contribution in [0.1, 0.15) is 82.5 Å². The van der Waals surface area contributed by atoms with E-state index in [1.807, 2.05) is 18.2 Å². The summed E-state index contributed by atoms with van der Waals surface area (Å²) in [4.78, 5) is 38.5. The molecule has 4 nitrogen and oxygen atoms in total.